The largest absolute Gasteiger partial charge is 0.330 e. The number of anilines is 1. The molecule has 0 aliphatic heterocycles. The van der Waals surface area contributed by atoms with E-state index in [2.05, 4.69) is 10.6 Å². The molecular formula is C20H23Cl2N2O+. The van der Waals surface area contributed by atoms with E-state index in [1.54, 1.807) is 18.2 Å². The first-order chi connectivity index (χ1) is 12.1. The fourth-order valence-electron chi connectivity index (χ4n) is 3.46. The second-order valence-corrected chi connectivity index (χ2v) is 7.50. The quantitative estimate of drug-likeness (QED) is 0.787. The van der Waals surface area contributed by atoms with E-state index in [-0.39, 0.29) is 11.9 Å². The van der Waals surface area contributed by atoms with Crippen molar-refractivity contribution in [3.63, 3.8) is 0 Å². The molecule has 1 amide bonds. The molecule has 2 aromatic carbocycles. The number of carbonyl (C=O) groups excluding carboxylic acids is 1. The highest BCUT2D eigenvalue weighted by Gasteiger charge is 2.29. The van der Waals surface area contributed by atoms with Crippen LogP contribution in [0.25, 0.3) is 0 Å². The summed E-state index contributed by atoms with van der Waals surface area (Å²) in [6, 6.07) is 15.2. The van der Waals surface area contributed by atoms with Crippen LogP contribution in [0.4, 0.5) is 5.69 Å². The van der Waals surface area contributed by atoms with Crippen molar-refractivity contribution in [2.24, 2.45) is 0 Å². The van der Waals surface area contributed by atoms with Crippen LogP contribution in [0.1, 0.15) is 43.7 Å². The van der Waals surface area contributed by atoms with E-state index in [4.69, 9.17) is 23.2 Å². The van der Waals surface area contributed by atoms with Crippen LogP contribution >= 0.6 is 23.2 Å². The molecule has 1 aliphatic carbocycles. The van der Waals surface area contributed by atoms with Gasteiger partial charge < -0.3 is 10.6 Å². The fourth-order valence-corrected chi connectivity index (χ4v) is 3.98. The minimum absolute atomic E-state index is 0.0462. The number of nitrogens with one attached hydrogen (secondary N) is 1. The third-order valence-corrected chi connectivity index (χ3v) is 5.12. The smallest absolute Gasteiger partial charge is 0.287 e. The lowest BCUT2D eigenvalue weighted by Crippen LogP contribution is -2.92. The van der Waals surface area contributed by atoms with E-state index < -0.39 is 0 Å². The first-order valence-corrected chi connectivity index (χ1v) is 9.54. The average molecular weight is 378 g/mol. The Bertz CT molecular complexity index is 695. The van der Waals surface area contributed by atoms with Gasteiger partial charge in [0.1, 0.15) is 0 Å². The predicted octanol–water partition coefficient (Wildman–Crippen LogP) is 4.57. The lowest BCUT2D eigenvalue weighted by molar-refractivity contribution is -0.717. The zero-order valence-corrected chi connectivity index (χ0v) is 15.6. The van der Waals surface area contributed by atoms with E-state index in [1.807, 2.05) is 30.3 Å². The van der Waals surface area contributed by atoms with Gasteiger partial charge in [-0.05, 0) is 43.9 Å². The second kappa shape index (κ2) is 8.70. The molecule has 1 aliphatic rings. The number of nitrogens with two attached hydrogens (primary N) is 1. The van der Waals surface area contributed by atoms with Gasteiger partial charge in [-0.1, -0.05) is 60.0 Å². The maximum atomic E-state index is 13.0. The molecule has 132 valence electrons. The Morgan fingerprint density at radius 3 is 2.28 bits per heavy atom. The van der Waals surface area contributed by atoms with Gasteiger partial charge in [0.2, 0.25) is 0 Å². The Hall–Kier alpha value is -1.55. The molecule has 2 aromatic rings. The van der Waals surface area contributed by atoms with Crippen LogP contribution in [0.15, 0.2) is 48.5 Å². The number of hydrogen-bond acceptors (Lipinski definition) is 1. The van der Waals surface area contributed by atoms with Gasteiger partial charge >= 0.3 is 0 Å². The highest BCUT2D eigenvalue weighted by atomic mass is 35.5. The maximum absolute atomic E-state index is 13.0. The van der Waals surface area contributed by atoms with Crippen molar-refractivity contribution >= 4 is 34.8 Å². The van der Waals surface area contributed by atoms with Crippen LogP contribution in [0.5, 0.6) is 0 Å². The topological polar surface area (TPSA) is 45.7 Å². The Morgan fingerprint density at radius 2 is 1.64 bits per heavy atom. The molecule has 3 rings (SSSR count). The van der Waals surface area contributed by atoms with Gasteiger partial charge in [-0.15, -0.1) is 0 Å². The standard InChI is InChI=1S/C20H22Cl2N2O/c21-15-11-16(22)13-18(12-15)24-20(25)19(14-7-3-1-4-8-14)23-17-9-5-2-6-10-17/h1,3-4,7-8,11-13,17,19,23H,2,5-6,9-10H2,(H,24,25)/p+1/t19-/m0/s1. The molecule has 0 saturated heterocycles. The fraction of sp³-hybridized carbons (Fsp3) is 0.350. The third kappa shape index (κ3) is 5.21. The Morgan fingerprint density at radius 1 is 1.00 bits per heavy atom. The zero-order valence-electron chi connectivity index (χ0n) is 14.1. The molecular weight excluding hydrogens is 355 g/mol. The average Bonchev–Trinajstić information content (AvgIpc) is 2.60. The monoisotopic (exact) mass is 377 g/mol. The second-order valence-electron chi connectivity index (χ2n) is 6.63. The van der Waals surface area contributed by atoms with Crippen LogP contribution in [-0.2, 0) is 4.79 Å². The molecule has 0 aromatic heterocycles. The Balaban J connectivity index is 1.78. The molecule has 0 spiro atoms. The number of hydrogen-bond donors (Lipinski definition) is 2. The molecule has 5 heteroatoms. The van der Waals surface area contributed by atoms with Gasteiger partial charge in [-0.25, -0.2) is 0 Å². The van der Waals surface area contributed by atoms with Crippen LogP contribution in [0.3, 0.4) is 0 Å². The molecule has 0 radical (unpaired) electrons. The van der Waals surface area contributed by atoms with Crippen molar-refractivity contribution in [2.75, 3.05) is 5.32 Å². The minimum atomic E-state index is -0.276. The number of quaternary nitrogens is 1. The third-order valence-electron chi connectivity index (χ3n) is 4.69. The molecule has 3 nitrogen and oxygen atoms in total. The molecule has 1 fully saturated rings. The summed E-state index contributed by atoms with van der Waals surface area (Å²) in [4.78, 5) is 13.0. The number of rotatable bonds is 5. The summed E-state index contributed by atoms with van der Waals surface area (Å²) in [6.07, 6.45) is 6.12. The predicted molar refractivity (Wildman–Crippen MR) is 103 cm³/mol. The first-order valence-electron chi connectivity index (χ1n) is 8.79. The summed E-state index contributed by atoms with van der Waals surface area (Å²) < 4.78 is 0. The van der Waals surface area contributed by atoms with Crippen molar-refractivity contribution in [1.82, 2.24) is 0 Å². The summed E-state index contributed by atoms with van der Waals surface area (Å²) in [6.45, 7) is 0. The minimum Gasteiger partial charge on any atom is -0.330 e. The van der Waals surface area contributed by atoms with Gasteiger partial charge in [-0.2, -0.15) is 0 Å². The lowest BCUT2D eigenvalue weighted by atomic mass is 9.93. The molecule has 25 heavy (non-hydrogen) atoms. The molecule has 0 bridgehead atoms. The first kappa shape index (κ1) is 18.2. The number of carbonyl (C=O) groups is 1. The van der Waals surface area contributed by atoms with Crippen molar-refractivity contribution < 1.29 is 10.1 Å². The Labute approximate surface area is 158 Å². The van der Waals surface area contributed by atoms with Crippen LogP contribution in [-0.4, -0.2) is 11.9 Å². The van der Waals surface area contributed by atoms with Gasteiger partial charge in [0.05, 0.1) is 6.04 Å². The van der Waals surface area contributed by atoms with Gasteiger partial charge in [0.15, 0.2) is 6.04 Å². The van der Waals surface area contributed by atoms with E-state index in [0.717, 1.165) is 5.56 Å². The summed E-state index contributed by atoms with van der Waals surface area (Å²) in [5.41, 5.74) is 1.64. The molecule has 1 atom stereocenters. The van der Waals surface area contributed by atoms with Crippen LogP contribution in [0.2, 0.25) is 10.0 Å². The summed E-state index contributed by atoms with van der Waals surface area (Å²) >= 11 is 12.1. The van der Waals surface area contributed by atoms with E-state index >= 15 is 0 Å². The van der Waals surface area contributed by atoms with Gasteiger partial charge in [0.25, 0.3) is 5.91 Å². The van der Waals surface area contributed by atoms with Crippen molar-refractivity contribution in [1.29, 1.82) is 0 Å². The van der Waals surface area contributed by atoms with Gasteiger partial charge in [0, 0.05) is 21.3 Å². The van der Waals surface area contributed by atoms with E-state index in [0.29, 0.717) is 21.8 Å². The lowest BCUT2D eigenvalue weighted by Gasteiger charge is -2.25. The number of benzene rings is 2. The maximum Gasteiger partial charge on any atom is 0.287 e. The SMILES string of the molecule is O=C(Nc1cc(Cl)cc(Cl)c1)[C@@H]([NH2+]C1CCCCC1)c1ccccc1. The number of halogens is 2. The van der Waals surface area contributed by atoms with Crippen molar-refractivity contribution in [3.05, 3.63) is 64.1 Å². The highest BCUT2D eigenvalue weighted by molar-refractivity contribution is 6.35. The van der Waals surface area contributed by atoms with E-state index in [1.165, 1.54) is 32.1 Å². The normalized spacial score (nSPS) is 16.4. The zero-order chi connectivity index (χ0) is 17.6. The van der Waals surface area contributed by atoms with Gasteiger partial charge in [-0.3, -0.25) is 4.79 Å². The molecule has 3 N–H and O–H groups in total. The molecule has 1 saturated carbocycles. The summed E-state index contributed by atoms with van der Waals surface area (Å²) in [5.74, 6) is -0.0462. The van der Waals surface area contributed by atoms with Crippen LogP contribution in [0, 0.1) is 0 Å². The van der Waals surface area contributed by atoms with Crippen molar-refractivity contribution in [2.45, 2.75) is 44.2 Å². The highest BCUT2D eigenvalue weighted by Crippen LogP contribution is 2.23. The van der Waals surface area contributed by atoms with Crippen LogP contribution < -0.4 is 10.6 Å². The van der Waals surface area contributed by atoms with Crippen molar-refractivity contribution in [3.8, 4) is 0 Å². The van der Waals surface area contributed by atoms with E-state index in [9.17, 15) is 4.79 Å². The number of amides is 1. The Kier molecular flexibility index (Phi) is 6.35. The summed E-state index contributed by atoms with van der Waals surface area (Å²) in [7, 11) is 0. The summed E-state index contributed by atoms with van der Waals surface area (Å²) in [5, 5.41) is 6.21. The molecule has 0 unspecified atom stereocenters. The molecule has 0 heterocycles.